The summed E-state index contributed by atoms with van der Waals surface area (Å²) in [5, 5.41) is 1.94. The molecule has 0 bridgehead atoms. The molecule has 0 radical (unpaired) electrons. The number of thiazole rings is 1. The first kappa shape index (κ1) is 11.2. The third kappa shape index (κ3) is 2.46. The molecule has 9 heteroatoms. The summed E-state index contributed by atoms with van der Waals surface area (Å²) in [4.78, 5) is 10.9. The van der Waals surface area contributed by atoms with Crippen LogP contribution in [-0.4, -0.2) is 23.4 Å². The fraction of sp³-hybridized carbons (Fsp3) is 0. The van der Waals surface area contributed by atoms with Crippen molar-refractivity contribution in [2.45, 2.75) is 4.90 Å². The molecule has 0 saturated heterocycles. The highest BCUT2D eigenvalue weighted by atomic mass is 35.5. The van der Waals surface area contributed by atoms with Gasteiger partial charge in [0.15, 0.2) is 5.13 Å². The summed E-state index contributed by atoms with van der Waals surface area (Å²) in [6.45, 7) is 0. The smallest absolute Gasteiger partial charge is 0.255 e. The summed E-state index contributed by atoms with van der Waals surface area (Å²) in [5.74, 6) is 0. The molecule has 0 aromatic carbocycles. The maximum Gasteiger partial charge on any atom is 0.266 e. The van der Waals surface area contributed by atoms with Crippen LogP contribution in [0, 0.1) is 0 Å². The van der Waals surface area contributed by atoms with Gasteiger partial charge in [0, 0.05) is 11.6 Å². The number of sulfonamides is 1. The maximum absolute atomic E-state index is 11.7. The van der Waals surface area contributed by atoms with Gasteiger partial charge in [0.2, 0.25) is 5.28 Å². The van der Waals surface area contributed by atoms with E-state index in [1.54, 1.807) is 5.38 Å². The van der Waals surface area contributed by atoms with E-state index in [1.165, 1.54) is 17.5 Å². The van der Waals surface area contributed by atoms with Crippen LogP contribution in [0.25, 0.3) is 0 Å². The average molecular weight is 277 g/mol. The number of hydrogen-bond acceptors (Lipinski definition) is 6. The molecule has 0 spiro atoms. The van der Waals surface area contributed by atoms with E-state index in [2.05, 4.69) is 19.7 Å². The highest BCUT2D eigenvalue weighted by molar-refractivity contribution is 7.93. The molecule has 6 nitrogen and oxygen atoms in total. The van der Waals surface area contributed by atoms with Crippen molar-refractivity contribution in [1.82, 2.24) is 15.0 Å². The van der Waals surface area contributed by atoms with E-state index in [1.807, 2.05) is 0 Å². The van der Waals surface area contributed by atoms with Crippen LogP contribution >= 0.6 is 22.9 Å². The first-order valence-corrected chi connectivity index (χ1v) is 6.72. The largest absolute Gasteiger partial charge is 0.266 e. The molecule has 0 fully saturated rings. The summed E-state index contributed by atoms with van der Waals surface area (Å²) in [6.07, 6.45) is 3.76. The second-order valence-electron chi connectivity index (χ2n) is 2.63. The van der Waals surface area contributed by atoms with Crippen molar-refractivity contribution >= 4 is 38.1 Å². The van der Waals surface area contributed by atoms with Gasteiger partial charge in [0.1, 0.15) is 4.90 Å². The van der Waals surface area contributed by atoms with E-state index in [0.717, 1.165) is 12.4 Å². The zero-order valence-corrected chi connectivity index (χ0v) is 10.1. The Morgan fingerprint density at radius 2 is 1.94 bits per heavy atom. The Labute approximate surface area is 100 Å². The summed E-state index contributed by atoms with van der Waals surface area (Å²) in [6, 6.07) is 0. The second kappa shape index (κ2) is 4.32. The fourth-order valence-corrected chi connectivity index (χ4v) is 2.66. The van der Waals surface area contributed by atoms with Gasteiger partial charge in [0.25, 0.3) is 10.0 Å². The number of rotatable bonds is 3. The third-order valence-electron chi connectivity index (χ3n) is 1.56. The van der Waals surface area contributed by atoms with Gasteiger partial charge in [-0.15, -0.1) is 11.3 Å². The molecule has 2 heterocycles. The number of nitrogens with one attached hydrogen (secondary N) is 1. The molecule has 0 amide bonds. The second-order valence-corrected chi connectivity index (χ2v) is 5.55. The first-order valence-electron chi connectivity index (χ1n) is 3.98. The predicted octanol–water partition coefficient (Wildman–Crippen LogP) is 1.39. The topological polar surface area (TPSA) is 84.8 Å². The molecule has 0 saturated carbocycles. The van der Waals surface area contributed by atoms with Crippen LogP contribution in [0.2, 0.25) is 5.28 Å². The van der Waals surface area contributed by atoms with Crippen LogP contribution in [0.1, 0.15) is 0 Å². The SMILES string of the molecule is O=S(=O)(Nc1nccs1)c1cnc(Cl)nc1. The highest BCUT2D eigenvalue weighted by Crippen LogP contribution is 2.16. The number of halogens is 1. The molecule has 16 heavy (non-hydrogen) atoms. The lowest BCUT2D eigenvalue weighted by Gasteiger charge is -2.03. The van der Waals surface area contributed by atoms with Crippen molar-refractivity contribution < 1.29 is 8.42 Å². The minimum absolute atomic E-state index is 0.00630. The van der Waals surface area contributed by atoms with Gasteiger partial charge in [-0.3, -0.25) is 4.72 Å². The Morgan fingerprint density at radius 1 is 1.25 bits per heavy atom. The van der Waals surface area contributed by atoms with Gasteiger partial charge in [-0.25, -0.2) is 23.4 Å². The minimum atomic E-state index is -3.69. The molecule has 0 aliphatic heterocycles. The lowest BCUT2D eigenvalue weighted by atomic mass is 10.7. The fourth-order valence-electron chi connectivity index (χ4n) is 0.887. The van der Waals surface area contributed by atoms with Gasteiger partial charge in [-0.05, 0) is 11.6 Å². The van der Waals surface area contributed by atoms with Crippen LogP contribution < -0.4 is 4.72 Å². The predicted molar refractivity (Wildman–Crippen MR) is 60.0 cm³/mol. The van der Waals surface area contributed by atoms with Gasteiger partial charge in [-0.2, -0.15) is 0 Å². The third-order valence-corrected chi connectivity index (χ3v) is 3.87. The van der Waals surface area contributed by atoms with E-state index in [-0.39, 0.29) is 15.3 Å². The molecular formula is C7H5ClN4O2S2. The number of aromatic nitrogens is 3. The normalized spacial score (nSPS) is 11.3. The Balaban J connectivity index is 2.29. The van der Waals surface area contributed by atoms with Crippen molar-refractivity contribution in [1.29, 1.82) is 0 Å². The molecule has 2 aromatic rings. The molecule has 0 aliphatic rings. The van der Waals surface area contributed by atoms with Crippen molar-refractivity contribution in [2.24, 2.45) is 0 Å². The van der Waals surface area contributed by atoms with Gasteiger partial charge in [-0.1, -0.05) is 0 Å². The summed E-state index contributed by atoms with van der Waals surface area (Å²) < 4.78 is 25.8. The van der Waals surface area contributed by atoms with Crippen molar-refractivity contribution in [3.63, 3.8) is 0 Å². The van der Waals surface area contributed by atoms with E-state index in [4.69, 9.17) is 11.6 Å². The van der Waals surface area contributed by atoms with Gasteiger partial charge in [0.05, 0.1) is 12.4 Å². The summed E-state index contributed by atoms with van der Waals surface area (Å²) in [7, 11) is -3.69. The van der Waals surface area contributed by atoms with Gasteiger partial charge < -0.3 is 0 Å². The summed E-state index contributed by atoms with van der Waals surface area (Å²) in [5.41, 5.74) is 0. The first-order chi connectivity index (χ1) is 7.58. The van der Waals surface area contributed by atoms with Crippen LogP contribution in [0.15, 0.2) is 28.9 Å². The number of hydrogen-bond donors (Lipinski definition) is 1. The molecule has 2 aromatic heterocycles. The monoisotopic (exact) mass is 276 g/mol. The van der Waals surface area contributed by atoms with Crippen LogP contribution in [0.3, 0.4) is 0 Å². The van der Waals surface area contributed by atoms with Crippen molar-refractivity contribution in [2.75, 3.05) is 4.72 Å². The van der Waals surface area contributed by atoms with E-state index in [0.29, 0.717) is 0 Å². The highest BCUT2D eigenvalue weighted by Gasteiger charge is 2.16. The average Bonchev–Trinajstić information content (AvgIpc) is 2.70. The number of anilines is 1. The van der Waals surface area contributed by atoms with Crippen LogP contribution in [0.5, 0.6) is 0 Å². The van der Waals surface area contributed by atoms with Crippen molar-refractivity contribution in [3.8, 4) is 0 Å². The number of nitrogens with zero attached hydrogens (tertiary/aromatic N) is 3. The zero-order chi connectivity index (χ0) is 11.6. The molecule has 2 rings (SSSR count). The Kier molecular flexibility index (Phi) is 3.03. The Bertz CT molecular complexity index is 567. The van der Waals surface area contributed by atoms with Crippen LogP contribution in [0.4, 0.5) is 5.13 Å². The van der Waals surface area contributed by atoms with E-state index < -0.39 is 10.0 Å². The quantitative estimate of drug-likeness (QED) is 0.856. The Hall–Kier alpha value is -1.25. The lowest BCUT2D eigenvalue weighted by Crippen LogP contribution is -2.13. The van der Waals surface area contributed by atoms with E-state index >= 15 is 0 Å². The van der Waals surface area contributed by atoms with Crippen LogP contribution in [-0.2, 0) is 10.0 Å². The molecule has 0 unspecified atom stereocenters. The standard InChI is InChI=1S/C7H5ClN4O2S2/c8-6-10-3-5(4-11-6)16(13,14)12-7-9-1-2-15-7/h1-4H,(H,9,12). The maximum atomic E-state index is 11.7. The molecule has 0 atom stereocenters. The summed E-state index contributed by atoms with van der Waals surface area (Å²) >= 11 is 6.64. The molecule has 0 aliphatic carbocycles. The van der Waals surface area contributed by atoms with E-state index in [9.17, 15) is 8.42 Å². The zero-order valence-electron chi connectivity index (χ0n) is 7.66. The lowest BCUT2D eigenvalue weighted by molar-refractivity contribution is 0.600. The molecule has 1 N–H and O–H groups in total. The Morgan fingerprint density at radius 3 is 2.50 bits per heavy atom. The minimum Gasteiger partial charge on any atom is -0.255 e. The van der Waals surface area contributed by atoms with Gasteiger partial charge >= 0.3 is 0 Å². The molecular weight excluding hydrogens is 272 g/mol. The molecule has 84 valence electrons. The van der Waals surface area contributed by atoms with Crippen molar-refractivity contribution in [3.05, 3.63) is 29.3 Å².